The molecule has 10 heteroatoms. The van der Waals surface area contributed by atoms with E-state index in [2.05, 4.69) is 15.3 Å². The topological polar surface area (TPSA) is 122 Å². The summed E-state index contributed by atoms with van der Waals surface area (Å²) in [6.07, 6.45) is 3.56. The predicted octanol–water partition coefficient (Wildman–Crippen LogP) is 2.46. The summed E-state index contributed by atoms with van der Waals surface area (Å²) in [5.74, 6) is 1.00. The molecule has 1 fully saturated rings. The zero-order valence-corrected chi connectivity index (χ0v) is 15.4. The lowest BCUT2D eigenvalue weighted by Gasteiger charge is -2.23. The maximum Gasteiger partial charge on any atom is 0.271 e. The number of aryl methyl sites for hydroxylation is 1. The molecule has 0 amide bonds. The highest BCUT2D eigenvalue weighted by atomic mass is 16.6. The smallest absolute Gasteiger partial charge is 0.271 e. The number of non-ortho nitro benzene ring substituents is 1. The second-order valence-electron chi connectivity index (χ2n) is 6.68. The van der Waals surface area contributed by atoms with Crippen molar-refractivity contribution in [3.8, 4) is 0 Å². The third-order valence-corrected chi connectivity index (χ3v) is 4.96. The Morgan fingerprint density at radius 3 is 3.00 bits per heavy atom. The van der Waals surface area contributed by atoms with Gasteiger partial charge in [-0.3, -0.25) is 10.1 Å². The molecule has 1 saturated heterocycles. The molecule has 4 rings (SSSR count). The van der Waals surface area contributed by atoms with Gasteiger partial charge in [0, 0.05) is 30.9 Å². The fourth-order valence-corrected chi connectivity index (χ4v) is 3.50. The summed E-state index contributed by atoms with van der Waals surface area (Å²) in [4.78, 5) is 26.4. The SMILES string of the molecule is CCn1cnc2c(Nc3cccc([N+](=O)[O-])c3)nc(N3CCC[C@@H]3CO)nc21. The van der Waals surface area contributed by atoms with Crippen molar-refractivity contribution in [3.05, 3.63) is 40.7 Å². The first-order valence-corrected chi connectivity index (χ1v) is 9.22. The normalized spacial score (nSPS) is 16.6. The van der Waals surface area contributed by atoms with Gasteiger partial charge in [-0.25, -0.2) is 4.98 Å². The van der Waals surface area contributed by atoms with E-state index in [4.69, 9.17) is 4.98 Å². The number of benzene rings is 1. The van der Waals surface area contributed by atoms with Crippen LogP contribution in [0.5, 0.6) is 0 Å². The summed E-state index contributed by atoms with van der Waals surface area (Å²) in [6.45, 7) is 3.52. The van der Waals surface area contributed by atoms with Crippen LogP contribution < -0.4 is 10.2 Å². The Bertz CT molecular complexity index is 1020. The zero-order valence-electron chi connectivity index (χ0n) is 15.4. The average Bonchev–Trinajstić information content (AvgIpc) is 3.34. The average molecular weight is 383 g/mol. The van der Waals surface area contributed by atoms with E-state index in [1.165, 1.54) is 12.1 Å². The van der Waals surface area contributed by atoms with Crippen molar-refractivity contribution >= 4 is 34.3 Å². The standard InChI is InChI=1S/C18H21N7O3/c1-2-23-11-19-15-16(20-12-5-3-6-13(9-12)25(27)28)21-18(22-17(15)23)24-8-4-7-14(24)10-26/h3,5-6,9,11,14,26H,2,4,7-8,10H2,1H3,(H,20,21,22)/t14-/m1/s1. The molecule has 0 aliphatic carbocycles. The van der Waals surface area contributed by atoms with Gasteiger partial charge in [-0.15, -0.1) is 0 Å². The van der Waals surface area contributed by atoms with Crippen LogP contribution in [0.15, 0.2) is 30.6 Å². The predicted molar refractivity (Wildman–Crippen MR) is 105 cm³/mol. The largest absolute Gasteiger partial charge is 0.394 e. The molecule has 1 aliphatic rings. The molecule has 10 nitrogen and oxygen atoms in total. The van der Waals surface area contributed by atoms with Crippen molar-refractivity contribution in [3.63, 3.8) is 0 Å². The first kappa shape index (κ1) is 18.1. The summed E-state index contributed by atoms with van der Waals surface area (Å²) in [5, 5.41) is 23.9. The summed E-state index contributed by atoms with van der Waals surface area (Å²) in [6, 6.07) is 6.24. The minimum absolute atomic E-state index is 0.00509. The van der Waals surface area contributed by atoms with Crippen LogP contribution in [0.25, 0.3) is 11.2 Å². The molecule has 28 heavy (non-hydrogen) atoms. The molecule has 0 spiro atoms. The number of rotatable bonds is 6. The molecular formula is C18H21N7O3. The Hall–Kier alpha value is -3.27. The van der Waals surface area contributed by atoms with E-state index >= 15 is 0 Å². The van der Waals surface area contributed by atoms with Crippen LogP contribution in [0, 0.1) is 10.1 Å². The van der Waals surface area contributed by atoms with Gasteiger partial charge in [-0.1, -0.05) is 6.07 Å². The van der Waals surface area contributed by atoms with Gasteiger partial charge in [0.15, 0.2) is 17.0 Å². The van der Waals surface area contributed by atoms with Gasteiger partial charge in [-0.2, -0.15) is 9.97 Å². The molecule has 1 aromatic carbocycles. The van der Waals surface area contributed by atoms with Crippen LogP contribution in [0.1, 0.15) is 19.8 Å². The minimum Gasteiger partial charge on any atom is -0.394 e. The number of nitro groups is 1. The number of nitro benzene ring substituents is 1. The lowest BCUT2D eigenvalue weighted by atomic mass is 10.2. The van der Waals surface area contributed by atoms with E-state index in [0.29, 0.717) is 35.2 Å². The van der Waals surface area contributed by atoms with E-state index in [9.17, 15) is 15.2 Å². The van der Waals surface area contributed by atoms with E-state index in [0.717, 1.165) is 19.4 Å². The van der Waals surface area contributed by atoms with Crippen LogP contribution in [0.3, 0.4) is 0 Å². The molecule has 0 saturated carbocycles. The van der Waals surface area contributed by atoms with Crippen LogP contribution in [-0.2, 0) is 6.54 Å². The number of fused-ring (bicyclic) bond motifs is 1. The second-order valence-corrected chi connectivity index (χ2v) is 6.68. The molecule has 1 atom stereocenters. The molecule has 2 aromatic heterocycles. The molecule has 146 valence electrons. The fraction of sp³-hybridized carbons (Fsp3) is 0.389. The first-order chi connectivity index (χ1) is 13.6. The van der Waals surface area contributed by atoms with E-state index in [1.54, 1.807) is 18.5 Å². The molecule has 0 bridgehead atoms. The summed E-state index contributed by atoms with van der Waals surface area (Å²) < 4.78 is 1.92. The molecular weight excluding hydrogens is 362 g/mol. The maximum absolute atomic E-state index is 11.1. The minimum atomic E-state index is -0.436. The van der Waals surface area contributed by atoms with Crippen LogP contribution in [-0.4, -0.2) is 48.7 Å². The van der Waals surface area contributed by atoms with Crippen molar-refractivity contribution in [2.75, 3.05) is 23.4 Å². The third kappa shape index (κ3) is 3.22. The highest BCUT2D eigenvalue weighted by Crippen LogP contribution is 2.29. The van der Waals surface area contributed by atoms with Crippen LogP contribution in [0.2, 0.25) is 0 Å². The molecule has 3 heterocycles. The molecule has 1 aliphatic heterocycles. The molecule has 3 aromatic rings. The number of nitrogens with one attached hydrogen (secondary N) is 1. The highest BCUT2D eigenvalue weighted by molar-refractivity contribution is 5.86. The van der Waals surface area contributed by atoms with Gasteiger partial charge < -0.3 is 19.9 Å². The zero-order chi connectivity index (χ0) is 19.7. The Labute approximate surface area is 161 Å². The van der Waals surface area contributed by atoms with Crippen molar-refractivity contribution in [1.29, 1.82) is 0 Å². The molecule has 2 N–H and O–H groups in total. The number of nitrogens with zero attached hydrogens (tertiary/aromatic N) is 6. The van der Waals surface area contributed by atoms with Crippen molar-refractivity contribution in [2.24, 2.45) is 0 Å². The number of aromatic nitrogens is 4. The summed E-state index contributed by atoms with van der Waals surface area (Å²) in [5.41, 5.74) is 1.82. The highest BCUT2D eigenvalue weighted by Gasteiger charge is 2.27. The van der Waals surface area contributed by atoms with Crippen molar-refractivity contribution in [1.82, 2.24) is 19.5 Å². The van der Waals surface area contributed by atoms with Crippen LogP contribution >= 0.6 is 0 Å². The van der Waals surface area contributed by atoms with Gasteiger partial charge in [-0.05, 0) is 25.8 Å². The summed E-state index contributed by atoms with van der Waals surface area (Å²) >= 11 is 0. The van der Waals surface area contributed by atoms with Crippen molar-refractivity contribution in [2.45, 2.75) is 32.4 Å². The Kier molecular flexibility index (Phi) is 4.78. The van der Waals surface area contributed by atoms with Gasteiger partial charge in [0.1, 0.15) is 0 Å². The monoisotopic (exact) mass is 383 g/mol. The number of hydrogen-bond donors (Lipinski definition) is 2. The van der Waals surface area contributed by atoms with E-state index < -0.39 is 4.92 Å². The quantitative estimate of drug-likeness (QED) is 0.492. The van der Waals surface area contributed by atoms with E-state index in [-0.39, 0.29) is 18.3 Å². The van der Waals surface area contributed by atoms with Gasteiger partial charge in [0.2, 0.25) is 5.95 Å². The fourth-order valence-electron chi connectivity index (χ4n) is 3.50. The van der Waals surface area contributed by atoms with Crippen LogP contribution in [0.4, 0.5) is 23.1 Å². The second kappa shape index (κ2) is 7.39. The summed E-state index contributed by atoms with van der Waals surface area (Å²) in [7, 11) is 0. The van der Waals surface area contributed by atoms with Gasteiger partial charge in [0.05, 0.1) is 23.9 Å². The Balaban J connectivity index is 1.79. The Morgan fingerprint density at radius 1 is 1.39 bits per heavy atom. The molecule has 0 radical (unpaired) electrons. The molecule has 0 unspecified atom stereocenters. The number of imidazole rings is 1. The number of hydrogen-bond acceptors (Lipinski definition) is 8. The maximum atomic E-state index is 11.1. The van der Waals surface area contributed by atoms with Crippen molar-refractivity contribution < 1.29 is 10.0 Å². The van der Waals surface area contributed by atoms with E-state index in [1.807, 2.05) is 16.4 Å². The Morgan fingerprint density at radius 2 is 2.25 bits per heavy atom. The lowest BCUT2D eigenvalue weighted by Crippen LogP contribution is -2.33. The number of anilines is 3. The number of aliphatic hydroxyl groups excluding tert-OH is 1. The van der Waals surface area contributed by atoms with Gasteiger partial charge >= 0.3 is 0 Å². The third-order valence-electron chi connectivity index (χ3n) is 4.96. The number of aliphatic hydroxyl groups is 1. The lowest BCUT2D eigenvalue weighted by molar-refractivity contribution is -0.384. The first-order valence-electron chi connectivity index (χ1n) is 9.22. The van der Waals surface area contributed by atoms with Gasteiger partial charge in [0.25, 0.3) is 5.69 Å².